The highest BCUT2D eigenvalue weighted by molar-refractivity contribution is 7.26. The van der Waals surface area contributed by atoms with E-state index in [9.17, 15) is 0 Å². The van der Waals surface area contributed by atoms with Gasteiger partial charge in [0.1, 0.15) is 0 Å². The molecule has 10 rings (SSSR count). The summed E-state index contributed by atoms with van der Waals surface area (Å²) in [6.07, 6.45) is 0. The Bertz CT molecular complexity index is 2810. The van der Waals surface area contributed by atoms with Crippen molar-refractivity contribution < 1.29 is 0 Å². The highest BCUT2D eigenvalue weighted by Crippen LogP contribution is 2.44. The van der Waals surface area contributed by atoms with Gasteiger partial charge in [0.05, 0.1) is 11.0 Å². The maximum atomic E-state index is 5.02. The third-order valence-corrected chi connectivity index (χ3v) is 10.7. The Hall–Kier alpha value is -6.43. The van der Waals surface area contributed by atoms with E-state index in [1.165, 1.54) is 42.1 Å². The third kappa shape index (κ3) is 4.63. The molecule has 0 aliphatic rings. The summed E-state index contributed by atoms with van der Waals surface area (Å²) in [5.74, 6) is 1.94. The molecule has 0 amide bonds. The van der Waals surface area contributed by atoms with Gasteiger partial charge in [-0.1, -0.05) is 140 Å². The van der Waals surface area contributed by atoms with Gasteiger partial charge in [-0.15, -0.1) is 11.3 Å². The smallest absolute Gasteiger partial charge is 0.164 e. The maximum absolute atomic E-state index is 5.02. The molecule has 4 nitrogen and oxygen atoms in total. The molecule has 0 atom stereocenters. The van der Waals surface area contributed by atoms with E-state index >= 15 is 0 Å². The zero-order valence-corrected chi connectivity index (χ0v) is 27.7. The van der Waals surface area contributed by atoms with Crippen LogP contribution in [-0.2, 0) is 0 Å². The molecule has 0 N–H and O–H groups in total. The number of nitrogens with zero attached hydrogens (tertiary/aromatic N) is 4. The van der Waals surface area contributed by atoms with Gasteiger partial charge in [-0.05, 0) is 35.9 Å². The first-order chi connectivity index (χ1) is 24.8. The minimum atomic E-state index is 0.637. The third-order valence-electron chi connectivity index (χ3n) is 9.45. The van der Waals surface area contributed by atoms with Crippen LogP contribution in [0.1, 0.15) is 0 Å². The van der Waals surface area contributed by atoms with Crippen molar-refractivity contribution in [3.05, 3.63) is 170 Å². The summed E-state index contributed by atoms with van der Waals surface area (Å²) in [6, 6.07) is 59.6. The van der Waals surface area contributed by atoms with Crippen LogP contribution >= 0.6 is 11.3 Å². The number of fused-ring (bicyclic) bond motifs is 6. The quantitative estimate of drug-likeness (QED) is 0.185. The van der Waals surface area contributed by atoms with Crippen molar-refractivity contribution in [3.63, 3.8) is 0 Å². The van der Waals surface area contributed by atoms with Gasteiger partial charge < -0.3 is 4.57 Å². The molecule has 0 radical (unpaired) electrons. The van der Waals surface area contributed by atoms with E-state index in [0.29, 0.717) is 17.5 Å². The zero-order chi connectivity index (χ0) is 33.0. The average Bonchev–Trinajstić information content (AvgIpc) is 3.75. The zero-order valence-electron chi connectivity index (χ0n) is 26.9. The summed E-state index contributed by atoms with van der Waals surface area (Å²) in [6.45, 7) is 0. The van der Waals surface area contributed by atoms with E-state index in [-0.39, 0.29) is 0 Å². The normalized spacial score (nSPS) is 11.6. The first-order valence-corrected chi connectivity index (χ1v) is 17.5. The Kier molecular flexibility index (Phi) is 6.64. The van der Waals surface area contributed by atoms with Crippen molar-refractivity contribution in [3.8, 4) is 51.0 Å². The summed E-state index contributed by atoms with van der Waals surface area (Å²) in [5.41, 5.74) is 8.69. The molecule has 7 aromatic carbocycles. The van der Waals surface area contributed by atoms with E-state index in [0.717, 1.165) is 33.4 Å². The van der Waals surface area contributed by atoms with E-state index in [1.54, 1.807) is 0 Å². The second kappa shape index (κ2) is 11.6. The van der Waals surface area contributed by atoms with E-state index < -0.39 is 0 Å². The van der Waals surface area contributed by atoms with Gasteiger partial charge in [0.2, 0.25) is 0 Å². The number of aromatic nitrogens is 4. The molecule has 0 spiro atoms. The van der Waals surface area contributed by atoms with Crippen LogP contribution in [0.15, 0.2) is 170 Å². The minimum Gasteiger partial charge on any atom is -0.309 e. The first-order valence-electron chi connectivity index (χ1n) is 16.7. The number of rotatable bonds is 5. The van der Waals surface area contributed by atoms with Gasteiger partial charge in [-0.3, -0.25) is 0 Å². The van der Waals surface area contributed by atoms with Crippen LogP contribution in [0.25, 0.3) is 93.0 Å². The fourth-order valence-electron chi connectivity index (χ4n) is 7.20. The molecule has 10 aromatic rings. The lowest BCUT2D eigenvalue weighted by Crippen LogP contribution is -2.01. The first kappa shape index (κ1) is 28.6. The maximum Gasteiger partial charge on any atom is 0.164 e. The number of thiophene rings is 1. The van der Waals surface area contributed by atoms with Crippen molar-refractivity contribution in [1.29, 1.82) is 0 Å². The van der Waals surface area contributed by atoms with Crippen LogP contribution in [0.5, 0.6) is 0 Å². The van der Waals surface area contributed by atoms with Crippen LogP contribution in [0, 0.1) is 0 Å². The topological polar surface area (TPSA) is 43.6 Å². The fraction of sp³-hybridized carbons (Fsp3) is 0. The average molecular weight is 657 g/mol. The Morgan fingerprint density at radius 1 is 0.400 bits per heavy atom. The van der Waals surface area contributed by atoms with Gasteiger partial charge in [-0.25, -0.2) is 15.0 Å². The van der Waals surface area contributed by atoms with Crippen LogP contribution in [0.3, 0.4) is 0 Å². The molecular formula is C45H28N4S. The molecule has 0 fully saturated rings. The van der Waals surface area contributed by atoms with Crippen molar-refractivity contribution in [2.75, 3.05) is 0 Å². The molecule has 3 aromatic heterocycles. The van der Waals surface area contributed by atoms with Crippen LogP contribution in [0.4, 0.5) is 0 Å². The number of hydrogen-bond donors (Lipinski definition) is 0. The summed E-state index contributed by atoms with van der Waals surface area (Å²) >= 11 is 1.87. The molecule has 234 valence electrons. The molecule has 0 aliphatic carbocycles. The largest absolute Gasteiger partial charge is 0.309 e. The van der Waals surface area contributed by atoms with E-state index in [4.69, 9.17) is 15.0 Å². The van der Waals surface area contributed by atoms with Crippen molar-refractivity contribution in [2.45, 2.75) is 0 Å². The van der Waals surface area contributed by atoms with Gasteiger partial charge in [0, 0.05) is 58.9 Å². The fourth-order valence-corrected chi connectivity index (χ4v) is 8.43. The molecule has 0 unspecified atom stereocenters. The monoisotopic (exact) mass is 656 g/mol. The Morgan fingerprint density at radius 2 is 0.940 bits per heavy atom. The molecule has 0 aliphatic heterocycles. The number of benzene rings is 7. The Morgan fingerprint density at radius 3 is 1.70 bits per heavy atom. The Labute approximate surface area is 292 Å². The van der Waals surface area contributed by atoms with E-state index in [1.807, 2.05) is 72.0 Å². The number of hydrogen-bond acceptors (Lipinski definition) is 4. The van der Waals surface area contributed by atoms with Crippen molar-refractivity contribution in [1.82, 2.24) is 19.5 Å². The van der Waals surface area contributed by atoms with Gasteiger partial charge >= 0.3 is 0 Å². The van der Waals surface area contributed by atoms with Crippen LogP contribution in [0.2, 0.25) is 0 Å². The standard InChI is InChI=1S/C45H28N4S/c1-3-14-29(15-4-1)43-46-44(30-16-5-2-6-17-30)48-45(47-43)31-18-11-19-32(28-31)49-38-25-9-7-21-37(38)41-34(22-13-26-39(41)49)36-24-12-23-35-33-20-8-10-27-40(33)50-42(35)36/h1-28H. The van der Waals surface area contributed by atoms with Gasteiger partial charge in [0.25, 0.3) is 0 Å². The van der Waals surface area contributed by atoms with Crippen LogP contribution in [-0.4, -0.2) is 19.5 Å². The lowest BCUT2D eigenvalue weighted by molar-refractivity contribution is 1.07. The highest BCUT2D eigenvalue weighted by atomic mass is 32.1. The molecule has 50 heavy (non-hydrogen) atoms. The van der Waals surface area contributed by atoms with Gasteiger partial charge in [0.15, 0.2) is 17.5 Å². The Balaban J connectivity index is 1.18. The SMILES string of the molecule is c1ccc(-c2nc(-c3ccccc3)nc(-c3cccc(-n4c5ccccc5c5c(-c6cccc7c6sc6ccccc67)cccc54)c3)n2)cc1. The summed E-state index contributed by atoms with van der Waals surface area (Å²) in [7, 11) is 0. The van der Waals surface area contributed by atoms with E-state index in [2.05, 4.69) is 114 Å². The highest BCUT2D eigenvalue weighted by Gasteiger charge is 2.19. The molecule has 0 bridgehead atoms. The van der Waals surface area contributed by atoms with Crippen molar-refractivity contribution >= 4 is 53.3 Å². The molecule has 5 heteroatoms. The molecule has 0 saturated carbocycles. The molecular weight excluding hydrogens is 629 g/mol. The number of para-hydroxylation sites is 1. The molecule has 3 heterocycles. The summed E-state index contributed by atoms with van der Waals surface area (Å²) in [5, 5.41) is 5.08. The van der Waals surface area contributed by atoms with Gasteiger partial charge in [-0.2, -0.15) is 0 Å². The minimum absolute atomic E-state index is 0.637. The van der Waals surface area contributed by atoms with Crippen molar-refractivity contribution in [2.24, 2.45) is 0 Å². The second-order valence-electron chi connectivity index (χ2n) is 12.4. The predicted octanol–water partition coefficient (Wildman–Crippen LogP) is 12.0. The lowest BCUT2D eigenvalue weighted by atomic mass is 9.98. The second-order valence-corrected chi connectivity index (χ2v) is 13.5. The predicted molar refractivity (Wildman–Crippen MR) is 209 cm³/mol. The molecule has 0 saturated heterocycles. The summed E-state index contributed by atoms with van der Waals surface area (Å²) in [4.78, 5) is 14.9. The lowest BCUT2D eigenvalue weighted by Gasteiger charge is -2.12. The van der Waals surface area contributed by atoms with Crippen LogP contribution < -0.4 is 0 Å². The summed E-state index contributed by atoms with van der Waals surface area (Å²) < 4.78 is 5.00.